The number of aromatic nitrogens is 2. The monoisotopic (exact) mass is 464 g/mol. The molecule has 1 saturated heterocycles. The second-order valence-electron chi connectivity index (χ2n) is 8.76. The van der Waals surface area contributed by atoms with Gasteiger partial charge in [0.15, 0.2) is 11.6 Å². The number of ether oxygens (including phenoxy) is 1. The van der Waals surface area contributed by atoms with Crippen molar-refractivity contribution in [3.8, 4) is 17.1 Å². The maximum atomic E-state index is 12.3. The van der Waals surface area contributed by atoms with Gasteiger partial charge in [0, 0.05) is 42.5 Å². The van der Waals surface area contributed by atoms with Crippen molar-refractivity contribution in [3.63, 3.8) is 0 Å². The number of carbonyl (C=O) groups is 1. The lowest BCUT2D eigenvalue weighted by atomic mass is 10.0. The quantitative estimate of drug-likeness (QED) is 0.624. The first-order valence-electron chi connectivity index (χ1n) is 11.4. The zero-order chi connectivity index (χ0) is 22.9. The highest BCUT2D eigenvalue weighted by atomic mass is 32.1. The maximum absolute atomic E-state index is 12.3. The molecule has 2 aliphatic heterocycles. The van der Waals surface area contributed by atoms with E-state index in [1.165, 1.54) is 10.5 Å². The van der Waals surface area contributed by atoms with E-state index in [1.54, 1.807) is 23.5 Å². The van der Waals surface area contributed by atoms with E-state index < -0.39 is 0 Å². The highest BCUT2D eigenvalue weighted by molar-refractivity contribution is 7.20. The predicted molar refractivity (Wildman–Crippen MR) is 132 cm³/mol. The number of carbonyl (C=O) groups excluding carboxylic acids is 1. The summed E-state index contributed by atoms with van der Waals surface area (Å²) in [4.78, 5) is 27.5. The number of phenols is 1. The number of rotatable bonds is 4. The molecule has 2 aliphatic rings. The summed E-state index contributed by atoms with van der Waals surface area (Å²) in [5, 5.41) is 9.96. The standard InChI is InChI=1S/C25H28N4O3S/c1-16(2)25(31)29-8-6-17(7-9-29)21-15-20-22(33-21)24(28-10-12-32-13-11-28)27-23(26-20)18-4-3-5-19(30)14-18/h3-6,14-16,30H,7-13H2,1-2H3. The van der Waals surface area contributed by atoms with Crippen LogP contribution in [0, 0.1) is 5.92 Å². The number of amides is 1. The smallest absolute Gasteiger partial charge is 0.225 e. The molecule has 2 aromatic heterocycles. The van der Waals surface area contributed by atoms with Gasteiger partial charge in [0.1, 0.15) is 5.75 Å². The fourth-order valence-corrected chi connectivity index (χ4v) is 5.48. The maximum Gasteiger partial charge on any atom is 0.225 e. The van der Waals surface area contributed by atoms with Gasteiger partial charge in [0.2, 0.25) is 5.91 Å². The van der Waals surface area contributed by atoms with Crippen LogP contribution in [0.2, 0.25) is 0 Å². The Morgan fingerprint density at radius 3 is 2.67 bits per heavy atom. The fraction of sp³-hybridized carbons (Fsp3) is 0.400. The van der Waals surface area contributed by atoms with Crippen molar-refractivity contribution >= 4 is 38.9 Å². The van der Waals surface area contributed by atoms with Gasteiger partial charge < -0.3 is 19.6 Å². The lowest BCUT2D eigenvalue weighted by Crippen LogP contribution is -2.37. The number of fused-ring (bicyclic) bond motifs is 1. The normalized spacial score (nSPS) is 17.0. The number of nitrogens with zero attached hydrogens (tertiary/aromatic N) is 4. The number of benzene rings is 1. The third kappa shape index (κ3) is 4.45. The molecule has 0 unspecified atom stereocenters. The topological polar surface area (TPSA) is 78.8 Å². The Hall–Kier alpha value is -2.97. The van der Waals surface area contributed by atoms with E-state index in [0.29, 0.717) is 25.6 Å². The van der Waals surface area contributed by atoms with Crippen LogP contribution in [0.25, 0.3) is 27.2 Å². The van der Waals surface area contributed by atoms with Gasteiger partial charge >= 0.3 is 0 Å². The molecule has 0 saturated carbocycles. The zero-order valence-electron chi connectivity index (χ0n) is 19.0. The summed E-state index contributed by atoms with van der Waals surface area (Å²) in [5.41, 5.74) is 2.96. The van der Waals surface area contributed by atoms with E-state index in [-0.39, 0.29) is 17.6 Å². The van der Waals surface area contributed by atoms with Crippen molar-refractivity contribution in [3.05, 3.63) is 41.3 Å². The van der Waals surface area contributed by atoms with E-state index in [0.717, 1.165) is 47.7 Å². The number of anilines is 1. The molecule has 4 heterocycles. The summed E-state index contributed by atoms with van der Waals surface area (Å²) in [6, 6.07) is 9.21. The molecule has 0 spiro atoms. The van der Waals surface area contributed by atoms with Gasteiger partial charge in [-0.15, -0.1) is 11.3 Å². The third-order valence-electron chi connectivity index (χ3n) is 6.10. The van der Waals surface area contributed by atoms with Gasteiger partial charge in [-0.25, -0.2) is 9.97 Å². The van der Waals surface area contributed by atoms with Crippen molar-refractivity contribution in [2.24, 2.45) is 5.92 Å². The number of thiophene rings is 1. The van der Waals surface area contributed by atoms with Gasteiger partial charge in [0.25, 0.3) is 0 Å². The number of phenolic OH excluding ortho intramolecular Hbond substituents is 1. The number of hydrogen-bond donors (Lipinski definition) is 1. The molecule has 5 rings (SSSR count). The van der Waals surface area contributed by atoms with Crippen molar-refractivity contribution < 1.29 is 14.6 Å². The summed E-state index contributed by atoms with van der Waals surface area (Å²) in [6.45, 7) is 8.21. The van der Waals surface area contributed by atoms with Crippen LogP contribution in [0.15, 0.2) is 36.4 Å². The Morgan fingerprint density at radius 2 is 1.97 bits per heavy atom. The Morgan fingerprint density at radius 1 is 1.15 bits per heavy atom. The van der Waals surface area contributed by atoms with Crippen molar-refractivity contribution in [1.82, 2.24) is 14.9 Å². The highest BCUT2D eigenvalue weighted by Crippen LogP contribution is 2.38. The largest absolute Gasteiger partial charge is 0.508 e. The average molecular weight is 465 g/mol. The first-order chi connectivity index (χ1) is 16.0. The molecule has 1 N–H and O–H groups in total. The molecule has 1 amide bonds. The van der Waals surface area contributed by atoms with E-state index in [4.69, 9.17) is 14.7 Å². The van der Waals surface area contributed by atoms with E-state index >= 15 is 0 Å². The fourth-order valence-electron chi connectivity index (χ4n) is 4.29. The van der Waals surface area contributed by atoms with E-state index in [1.807, 2.05) is 30.9 Å². The van der Waals surface area contributed by atoms with Crippen LogP contribution >= 0.6 is 11.3 Å². The molecular formula is C25H28N4O3S. The minimum absolute atomic E-state index is 0.0199. The molecular weight excluding hydrogens is 436 g/mol. The SMILES string of the molecule is CC(C)C(=O)N1CC=C(c2cc3nc(-c4cccc(O)c4)nc(N4CCOCC4)c3s2)CC1. The Bertz CT molecular complexity index is 1210. The summed E-state index contributed by atoms with van der Waals surface area (Å²) in [7, 11) is 0. The first-order valence-corrected chi connectivity index (χ1v) is 12.2. The molecule has 33 heavy (non-hydrogen) atoms. The summed E-state index contributed by atoms with van der Waals surface area (Å²) < 4.78 is 6.62. The second kappa shape index (κ2) is 9.11. The Balaban J connectivity index is 1.54. The van der Waals surface area contributed by atoms with Crippen LogP contribution in [0.3, 0.4) is 0 Å². The molecule has 0 bridgehead atoms. The van der Waals surface area contributed by atoms with E-state index in [2.05, 4.69) is 17.0 Å². The van der Waals surface area contributed by atoms with Crippen LogP contribution < -0.4 is 4.90 Å². The van der Waals surface area contributed by atoms with Crippen LogP contribution in [0.1, 0.15) is 25.1 Å². The molecule has 172 valence electrons. The second-order valence-corrected chi connectivity index (χ2v) is 9.82. The number of aromatic hydroxyl groups is 1. The third-order valence-corrected chi connectivity index (χ3v) is 7.30. The number of hydrogen-bond acceptors (Lipinski definition) is 7. The van der Waals surface area contributed by atoms with Gasteiger partial charge in [-0.3, -0.25) is 4.79 Å². The van der Waals surface area contributed by atoms with Crippen LogP contribution in [-0.4, -0.2) is 65.3 Å². The Kier molecular flexibility index (Phi) is 6.03. The molecule has 0 atom stereocenters. The van der Waals surface area contributed by atoms with Gasteiger partial charge in [-0.1, -0.05) is 32.1 Å². The average Bonchev–Trinajstić information content (AvgIpc) is 3.28. The Labute approximate surface area is 197 Å². The van der Waals surface area contributed by atoms with Crippen molar-refractivity contribution in [1.29, 1.82) is 0 Å². The highest BCUT2D eigenvalue weighted by Gasteiger charge is 2.24. The van der Waals surface area contributed by atoms with Gasteiger partial charge in [-0.05, 0) is 30.2 Å². The molecule has 7 nitrogen and oxygen atoms in total. The van der Waals surface area contributed by atoms with Gasteiger partial charge in [0.05, 0.1) is 23.4 Å². The molecule has 0 radical (unpaired) electrons. The molecule has 1 fully saturated rings. The molecule has 1 aromatic carbocycles. The minimum Gasteiger partial charge on any atom is -0.508 e. The van der Waals surface area contributed by atoms with Crippen molar-refractivity contribution in [2.45, 2.75) is 20.3 Å². The lowest BCUT2D eigenvalue weighted by Gasteiger charge is -2.28. The van der Waals surface area contributed by atoms with Crippen LogP contribution in [-0.2, 0) is 9.53 Å². The minimum atomic E-state index is 0.0199. The van der Waals surface area contributed by atoms with Crippen molar-refractivity contribution in [2.75, 3.05) is 44.3 Å². The molecule has 0 aliphatic carbocycles. The first kappa shape index (κ1) is 21.9. The van der Waals surface area contributed by atoms with Crippen LogP contribution in [0.4, 0.5) is 5.82 Å². The molecule has 8 heteroatoms. The summed E-state index contributed by atoms with van der Waals surface area (Å²) in [6.07, 6.45) is 3.01. The summed E-state index contributed by atoms with van der Waals surface area (Å²) in [5.74, 6) is 1.95. The lowest BCUT2D eigenvalue weighted by molar-refractivity contribution is -0.134. The zero-order valence-corrected chi connectivity index (χ0v) is 19.8. The van der Waals surface area contributed by atoms with Gasteiger partial charge in [-0.2, -0.15) is 0 Å². The summed E-state index contributed by atoms with van der Waals surface area (Å²) >= 11 is 1.72. The predicted octanol–water partition coefficient (Wildman–Crippen LogP) is 4.17. The molecule has 3 aromatic rings. The van der Waals surface area contributed by atoms with Crippen LogP contribution in [0.5, 0.6) is 5.75 Å². The number of morpholine rings is 1. The van der Waals surface area contributed by atoms with E-state index in [9.17, 15) is 9.90 Å².